The highest BCUT2D eigenvalue weighted by Gasteiger charge is 2.36. The minimum Gasteiger partial charge on any atom is -0.364 e. The smallest absolute Gasteiger partial charge is 0.0419 e. The van der Waals surface area contributed by atoms with E-state index in [2.05, 4.69) is 78.6 Å². The van der Waals surface area contributed by atoms with Crippen LogP contribution in [-0.4, -0.2) is 12.6 Å². The summed E-state index contributed by atoms with van der Waals surface area (Å²) in [4.78, 5) is 2.55. The number of anilines is 1. The molecule has 19 heavy (non-hydrogen) atoms. The lowest BCUT2D eigenvalue weighted by Crippen LogP contribution is -2.47. The molecule has 2 aliphatic rings. The van der Waals surface area contributed by atoms with Gasteiger partial charge in [0.2, 0.25) is 0 Å². The summed E-state index contributed by atoms with van der Waals surface area (Å²) in [6.07, 6.45) is 15.9. The van der Waals surface area contributed by atoms with Gasteiger partial charge in [-0.25, -0.2) is 0 Å². The second-order valence-electron chi connectivity index (χ2n) is 5.71. The van der Waals surface area contributed by atoms with E-state index in [-0.39, 0.29) is 5.41 Å². The molecule has 0 saturated carbocycles. The first-order valence-corrected chi connectivity index (χ1v) is 7.11. The maximum Gasteiger partial charge on any atom is 0.0419 e. The van der Waals surface area contributed by atoms with E-state index < -0.39 is 0 Å². The molecule has 1 nitrogen and oxygen atoms in total. The van der Waals surface area contributed by atoms with Gasteiger partial charge in [0, 0.05) is 23.7 Å². The third kappa shape index (κ3) is 2.37. The number of hydrogen-bond donors (Lipinski definition) is 0. The molecule has 0 aromatic heterocycles. The first-order chi connectivity index (χ1) is 9.30. The molecule has 0 radical (unpaired) electrons. The zero-order valence-electron chi connectivity index (χ0n) is 11.5. The summed E-state index contributed by atoms with van der Waals surface area (Å²) < 4.78 is 0. The number of hydrogen-bond acceptors (Lipinski definition) is 1. The zero-order valence-corrected chi connectivity index (χ0v) is 11.5. The third-order valence-electron chi connectivity index (χ3n) is 4.34. The van der Waals surface area contributed by atoms with Crippen molar-refractivity contribution in [3.05, 3.63) is 66.8 Å². The van der Waals surface area contributed by atoms with E-state index in [1.165, 1.54) is 5.69 Å². The Labute approximate surface area is 115 Å². The van der Waals surface area contributed by atoms with Crippen molar-refractivity contribution in [2.45, 2.75) is 25.8 Å². The van der Waals surface area contributed by atoms with Crippen LogP contribution in [0.2, 0.25) is 0 Å². The topological polar surface area (TPSA) is 3.24 Å². The lowest BCUT2D eigenvalue weighted by atomic mass is 9.74. The molecule has 0 bridgehead atoms. The summed E-state index contributed by atoms with van der Waals surface area (Å²) in [5, 5.41) is 0. The van der Waals surface area contributed by atoms with Crippen LogP contribution in [0, 0.1) is 5.41 Å². The molecule has 0 amide bonds. The Morgan fingerprint density at radius 3 is 2.63 bits per heavy atom. The van der Waals surface area contributed by atoms with Crippen LogP contribution in [0.3, 0.4) is 0 Å². The van der Waals surface area contributed by atoms with Crippen LogP contribution in [0.5, 0.6) is 0 Å². The van der Waals surface area contributed by atoms with Gasteiger partial charge >= 0.3 is 0 Å². The Morgan fingerprint density at radius 2 is 1.89 bits per heavy atom. The van der Waals surface area contributed by atoms with Crippen LogP contribution in [0.1, 0.15) is 19.8 Å². The van der Waals surface area contributed by atoms with Crippen molar-refractivity contribution < 1.29 is 0 Å². The summed E-state index contributed by atoms with van der Waals surface area (Å²) in [7, 11) is 0. The van der Waals surface area contributed by atoms with Gasteiger partial charge in [-0.3, -0.25) is 0 Å². The van der Waals surface area contributed by atoms with Gasteiger partial charge in [-0.1, -0.05) is 61.6 Å². The standard InChI is InChI=1S/C18H21N/c1-18(13-7-3-8-14-18)17-12-6-9-15-19(17)16-10-4-2-5-11-16/h2-11,13,17H,12,14-15H2,1H3. The first kappa shape index (κ1) is 12.3. The molecule has 1 aromatic carbocycles. The molecule has 0 spiro atoms. The summed E-state index contributed by atoms with van der Waals surface area (Å²) in [5.41, 5.74) is 1.57. The van der Waals surface area contributed by atoms with E-state index >= 15 is 0 Å². The predicted molar refractivity (Wildman–Crippen MR) is 82.3 cm³/mol. The van der Waals surface area contributed by atoms with E-state index in [4.69, 9.17) is 0 Å². The van der Waals surface area contributed by atoms with E-state index in [0.29, 0.717) is 6.04 Å². The monoisotopic (exact) mass is 251 g/mol. The fourth-order valence-electron chi connectivity index (χ4n) is 3.19. The molecule has 0 saturated heterocycles. The van der Waals surface area contributed by atoms with Crippen LogP contribution >= 0.6 is 0 Å². The van der Waals surface area contributed by atoms with Crippen LogP contribution in [-0.2, 0) is 0 Å². The second kappa shape index (κ2) is 5.08. The predicted octanol–water partition coefficient (Wildman–Crippen LogP) is 4.34. The maximum absolute atomic E-state index is 2.55. The molecular formula is C18H21N. The molecule has 1 heterocycles. The van der Waals surface area contributed by atoms with Crippen molar-refractivity contribution in [3.63, 3.8) is 0 Å². The molecule has 3 rings (SSSR count). The van der Waals surface area contributed by atoms with Gasteiger partial charge < -0.3 is 4.90 Å². The van der Waals surface area contributed by atoms with Gasteiger partial charge in [0.15, 0.2) is 0 Å². The molecule has 2 atom stereocenters. The molecule has 1 aliphatic heterocycles. The van der Waals surface area contributed by atoms with E-state index in [9.17, 15) is 0 Å². The zero-order chi connectivity index (χ0) is 13.1. The molecule has 0 fully saturated rings. The van der Waals surface area contributed by atoms with Crippen molar-refractivity contribution in [2.24, 2.45) is 5.41 Å². The quantitative estimate of drug-likeness (QED) is 0.707. The van der Waals surface area contributed by atoms with Crippen molar-refractivity contribution in [1.29, 1.82) is 0 Å². The maximum atomic E-state index is 2.55. The number of benzene rings is 1. The second-order valence-corrected chi connectivity index (χ2v) is 5.71. The van der Waals surface area contributed by atoms with Crippen molar-refractivity contribution in [2.75, 3.05) is 11.4 Å². The number of nitrogens with zero attached hydrogens (tertiary/aromatic N) is 1. The summed E-state index contributed by atoms with van der Waals surface area (Å²) >= 11 is 0. The number of allylic oxidation sites excluding steroid dienone is 3. The average molecular weight is 251 g/mol. The van der Waals surface area contributed by atoms with Gasteiger partial charge in [-0.2, -0.15) is 0 Å². The molecular weight excluding hydrogens is 230 g/mol. The van der Waals surface area contributed by atoms with Crippen molar-refractivity contribution in [3.8, 4) is 0 Å². The van der Waals surface area contributed by atoms with Gasteiger partial charge in [0.05, 0.1) is 0 Å². The van der Waals surface area contributed by atoms with Crippen LogP contribution in [0.4, 0.5) is 5.69 Å². The lowest BCUT2D eigenvalue weighted by molar-refractivity contribution is 0.317. The van der Waals surface area contributed by atoms with Crippen molar-refractivity contribution in [1.82, 2.24) is 0 Å². The van der Waals surface area contributed by atoms with Crippen molar-refractivity contribution >= 4 is 5.69 Å². The van der Waals surface area contributed by atoms with Crippen LogP contribution in [0.25, 0.3) is 0 Å². The molecule has 2 unspecified atom stereocenters. The Morgan fingerprint density at radius 1 is 1.05 bits per heavy atom. The number of rotatable bonds is 2. The number of para-hydroxylation sites is 1. The van der Waals surface area contributed by atoms with Gasteiger partial charge in [-0.15, -0.1) is 0 Å². The van der Waals surface area contributed by atoms with E-state index in [1.807, 2.05) is 0 Å². The molecule has 98 valence electrons. The van der Waals surface area contributed by atoms with Gasteiger partial charge in [0.25, 0.3) is 0 Å². The highest BCUT2D eigenvalue weighted by Crippen LogP contribution is 2.39. The highest BCUT2D eigenvalue weighted by molar-refractivity contribution is 5.50. The Hall–Kier alpha value is -1.76. The summed E-state index contributed by atoms with van der Waals surface area (Å²) in [6.45, 7) is 3.40. The Kier molecular flexibility index (Phi) is 3.29. The van der Waals surface area contributed by atoms with E-state index in [1.54, 1.807) is 0 Å². The Bertz CT molecular complexity index is 512. The molecule has 0 N–H and O–H groups in total. The summed E-state index contributed by atoms with van der Waals surface area (Å²) in [5.74, 6) is 0. The minimum atomic E-state index is 0.231. The van der Waals surface area contributed by atoms with Crippen LogP contribution in [0.15, 0.2) is 66.8 Å². The largest absolute Gasteiger partial charge is 0.364 e. The summed E-state index contributed by atoms with van der Waals surface area (Å²) in [6, 6.07) is 11.3. The molecule has 1 heteroatoms. The average Bonchev–Trinajstić information content (AvgIpc) is 2.49. The third-order valence-corrected chi connectivity index (χ3v) is 4.34. The first-order valence-electron chi connectivity index (χ1n) is 7.11. The van der Waals surface area contributed by atoms with Gasteiger partial charge in [0.1, 0.15) is 0 Å². The van der Waals surface area contributed by atoms with E-state index in [0.717, 1.165) is 19.4 Å². The Balaban J connectivity index is 1.92. The minimum absolute atomic E-state index is 0.231. The fraction of sp³-hybridized carbons (Fsp3) is 0.333. The fourth-order valence-corrected chi connectivity index (χ4v) is 3.19. The van der Waals surface area contributed by atoms with Gasteiger partial charge in [-0.05, 0) is 25.0 Å². The normalized spacial score (nSPS) is 29.7. The SMILES string of the molecule is CC1(C2CC=CCN2c2ccccc2)C=CC=CC1. The molecule has 1 aliphatic carbocycles. The highest BCUT2D eigenvalue weighted by atomic mass is 15.2. The lowest BCUT2D eigenvalue weighted by Gasteiger charge is -2.45. The molecule has 1 aromatic rings. The van der Waals surface area contributed by atoms with Crippen LogP contribution < -0.4 is 4.90 Å².